The third kappa shape index (κ3) is 1.75. The van der Waals surface area contributed by atoms with Crippen LogP contribution in [-0.2, 0) is 4.79 Å². The van der Waals surface area contributed by atoms with Gasteiger partial charge in [-0.3, -0.25) is 0 Å². The van der Waals surface area contributed by atoms with Crippen LogP contribution >= 0.6 is 0 Å². The van der Waals surface area contributed by atoms with Gasteiger partial charge in [-0.25, -0.2) is 9.97 Å². The maximum absolute atomic E-state index is 10.5. The molecule has 0 aromatic carbocycles. The van der Waals surface area contributed by atoms with E-state index < -0.39 is 0 Å². The maximum atomic E-state index is 10.5. The van der Waals surface area contributed by atoms with Crippen molar-refractivity contribution in [3.05, 3.63) is 18.6 Å². The Morgan fingerprint density at radius 1 is 1.50 bits per heavy atom. The van der Waals surface area contributed by atoms with Crippen molar-refractivity contribution in [1.29, 1.82) is 0 Å². The van der Waals surface area contributed by atoms with Crippen LogP contribution in [-0.4, -0.2) is 34.3 Å². The Hall–Kier alpha value is -1.91. The summed E-state index contributed by atoms with van der Waals surface area (Å²) < 4.78 is 0. The van der Waals surface area contributed by atoms with Gasteiger partial charge in [-0.05, 0) is 24.8 Å². The van der Waals surface area contributed by atoms with Crippen molar-refractivity contribution >= 4 is 23.1 Å². The summed E-state index contributed by atoms with van der Waals surface area (Å²) in [6.07, 6.45) is 7.33. The standard InChI is InChI=1S/C13H16N4O/c1-17(10-6-9(7-10)3-5-18)13-11-2-4-14-12(11)15-8-16-13/h2,4-5,8-10H,3,6-7H2,1H3,(H,14,15,16). The molecule has 0 unspecified atom stereocenters. The molecule has 94 valence electrons. The van der Waals surface area contributed by atoms with E-state index in [0.717, 1.165) is 36.0 Å². The van der Waals surface area contributed by atoms with E-state index in [9.17, 15) is 4.79 Å². The topological polar surface area (TPSA) is 61.9 Å². The molecule has 0 spiro atoms. The largest absolute Gasteiger partial charge is 0.356 e. The first-order valence-electron chi connectivity index (χ1n) is 6.24. The van der Waals surface area contributed by atoms with Crippen LogP contribution in [0.3, 0.4) is 0 Å². The average Bonchev–Trinajstić information content (AvgIpc) is 2.80. The molecule has 0 radical (unpaired) electrons. The minimum atomic E-state index is 0.489. The maximum Gasteiger partial charge on any atom is 0.142 e. The fraction of sp³-hybridized carbons (Fsp3) is 0.462. The SMILES string of the molecule is CN(c1ncnc2[nH]ccc12)C1CC(CC=O)C1. The molecule has 0 atom stereocenters. The molecule has 1 saturated carbocycles. The number of aromatic nitrogens is 3. The second-order valence-corrected chi connectivity index (χ2v) is 4.94. The van der Waals surface area contributed by atoms with Gasteiger partial charge in [0, 0.05) is 25.7 Å². The number of aldehydes is 1. The number of carbonyl (C=O) groups is 1. The van der Waals surface area contributed by atoms with Gasteiger partial charge in [0.2, 0.25) is 0 Å². The first-order valence-corrected chi connectivity index (χ1v) is 6.24. The van der Waals surface area contributed by atoms with E-state index in [1.54, 1.807) is 6.33 Å². The summed E-state index contributed by atoms with van der Waals surface area (Å²) in [5.41, 5.74) is 0.871. The molecule has 0 aliphatic heterocycles. The summed E-state index contributed by atoms with van der Waals surface area (Å²) in [6, 6.07) is 2.49. The van der Waals surface area contributed by atoms with E-state index >= 15 is 0 Å². The quantitative estimate of drug-likeness (QED) is 0.832. The van der Waals surface area contributed by atoms with Crippen LogP contribution in [0.15, 0.2) is 18.6 Å². The fourth-order valence-corrected chi connectivity index (χ4v) is 2.66. The minimum Gasteiger partial charge on any atom is -0.356 e. The number of fused-ring (bicyclic) bond motifs is 1. The number of hydrogen-bond acceptors (Lipinski definition) is 4. The molecule has 2 aromatic rings. The van der Waals surface area contributed by atoms with Crippen LogP contribution < -0.4 is 4.90 Å². The number of nitrogens with one attached hydrogen (secondary N) is 1. The van der Waals surface area contributed by atoms with E-state index in [0.29, 0.717) is 18.4 Å². The van der Waals surface area contributed by atoms with Gasteiger partial charge < -0.3 is 14.7 Å². The van der Waals surface area contributed by atoms with Gasteiger partial charge in [0.25, 0.3) is 0 Å². The number of hydrogen-bond donors (Lipinski definition) is 1. The molecule has 0 bridgehead atoms. The zero-order valence-electron chi connectivity index (χ0n) is 10.3. The van der Waals surface area contributed by atoms with Crippen molar-refractivity contribution in [3.8, 4) is 0 Å². The number of anilines is 1. The summed E-state index contributed by atoms with van der Waals surface area (Å²) in [5, 5.41) is 1.05. The van der Waals surface area contributed by atoms with E-state index in [-0.39, 0.29) is 0 Å². The zero-order chi connectivity index (χ0) is 12.5. The normalized spacial score (nSPS) is 22.7. The lowest BCUT2D eigenvalue weighted by atomic mass is 9.78. The highest BCUT2D eigenvalue weighted by atomic mass is 16.1. The second kappa shape index (κ2) is 4.40. The number of H-pyrrole nitrogens is 1. The molecule has 0 amide bonds. The van der Waals surface area contributed by atoms with Crippen molar-refractivity contribution < 1.29 is 4.79 Å². The lowest BCUT2D eigenvalue weighted by Crippen LogP contribution is -2.43. The zero-order valence-corrected chi connectivity index (χ0v) is 10.3. The van der Waals surface area contributed by atoms with Crippen molar-refractivity contribution in [1.82, 2.24) is 15.0 Å². The summed E-state index contributed by atoms with van der Waals surface area (Å²) in [7, 11) is 2.07. The highest BCUT2D eigenvalue weighted by molar-refractivity contribution is 5.87. The number of carbonyl (C=O) groups excluding carboxylic acids is 1. The number of nitrogens with zero attached hydrogens (tertiary/aromatic N) is 3. The highest BCUT2D eigenvalue weighted by Crippen LogP contribution is 2.36. The van der Waals surface area contributed by atoms with Crippen LogP contribution in [0.4, 0.5) is 5.82 Å². The lowest BCUT2D eigenvalue weighted by Gasteiger charge is -2.41. The van der Waals surface area contributed by atoms with Gasteiger partial charge in [-0.1, -0.05) is 0 Å². The molecule has 3 rings (SSSR count). The minimum absolute atomic E-state index is 0.489. The molecule has 2 aromatic heterocycles. The Balaban J connectivity index is 1.79. The predicted molar refractivity (Wildman–Crippen MR) is 69.5 cm³/mol. The molecule has 0 saturated heterocycles. The predicted octanol–water partition coefficient (Wildman–Crippen LogP) is 1.76. The number of rotatable bonds is 4. The smallest absolute Gasteiger partial charge is 0.142 e. The fourth-order valence-electron chi connectivity index (χ4n) is 2.66. The van der Waals surface area contributed by atoms with Crippen molar-refractivity contribution in [2.45, 2.75) is 25.3 Å². The Morgan fingerprint density at radius 2 is 2.33 bits per heavy atom. The third-order valence-electron chi connectivity index (χ3n) is 3.86. The summed E-state index contributed by atoms with van der Waals surface area (Å²) in [6.45, 7) is 0. The molecule has 5 heteroatoms. The van der Waals surface area contributed by atoms with Crippen LogP contribution in [0.2, 0.25) is 0 Å². The summed E-state index contributed by atoms with van der Waals surface area (Å²) in [4.78, 5) is 24.3. The van der Waals surface area contributed by atoms with Crippen molar-refractivity contribution in [3.63, 3.8) is 0 Å². The van der Waals surface area contributed by atoms with E-state index in [2.05, 4.69) is 26.9 Å². The summed E-state index contributed by atoms with van der Waals surface area (Å²) in [5.74, 6) is 1.52. The van der Waals surface area contributed by atoms with E-state index in [4.69, 9.17) is 0 Å². The van der Waals surface area contributed by atoms with Crippen molar-refractivity contribution in [2.75, 3.05) is 11.9 Å². The van der Waals surface area contributed by atoms with Crippen LogP contribution in [0.5, 0.6) is 0 Å². The van der Waals surface area contributed by atoms with E-state index in [1.165, 1.54) is 0 Å². The van der Waals surface area contributed by atoms with Gasteiger partial charge >= 0.3 is 0 Å². The molecule has 2 heterocycles. The number of aromatic amines is 1. The Morgan fingerprint density at radius 3 is 3.11 bits per heavy atom. The third-order valence-corrected chi connectivity index (χ3v) is 3.86. The molecule has 1 fully saturated rings. The van der Waals surface area contributed by atoms with Gasteiger partial charge in [-0.15, -0.1) is 0 Å². The van der Waals surface area contributed by atoms with Gasteiger partial charge in [0.1, 0.15) is 24.1 Å². The monoisotopic (exact) mass is 244 g/mol. The Bertz CT molecular complexity index is 559. The molecule has 1 aliphatic carbocycles. The van der Waals surface area contributed by atoms with Gasteiger partial charge in [0.15, 0.2) is 0 Å². The van der Waals surface area contributed by atoms with Crippen molar-refractivity contribution in [2.24, 2.45) is 5.92 Å². The molecule has 1 N–H and O–H groups in total. The van der Waals surface area contributed by atoms with Crippen LogP contribution in [0.25, 0.3) is 11.0 Å². The molecule has 18 heavy (non-hydrogen) atoms. The average molecular weight is 244 g/mol. The molecule has 5 nitrogen and oxygen atoms in total. The molecular weight excluding hydrogens is 228 g/mol. The van der Waals surface area contributed by atoms with E-state index in [1.807, 2.05) is 12.3 Å². The van der Waals surface area contributed by atoms with Crippen LogP contribution in [0, 0.1) is 5.92 Å². The Labute approximate surface area is 105 Å². The van der Waals surface area contributed by atoms with Crippen LogP contribution in [0.1, 0.15) is 19.3 Å². The summed E-state index contributed by atoms with van der Waals surface area (Å²) >= 11 is 0. The lowest BCUT2D eigenvalue weighted by molar-refractivity contribution is -0.109. The Kier molecular flexibility index (Phi) is 2.74. The molecule has 1 aliphatic rings. The second-order valence-electron chi connectivity index (χ2n) is 4.94. The first-order chi connectivity index (χ1) is 8.79. The first kappa shape index (κ1) is 11.2. The highest BCUT2D eigenvalue weighted by Gasteiger charge is 2.32. The molecular formula is C13H16N4O. The van der Waals surface area contributed by atoms with Gasteiger partial charge in [0.05, 0.1) is 5.39 Å². The van der Waals surface area contributed by atoms with Gasteiger partial charge in [-0.2, -0.15) is 0 Å².